The van der Waals surface area contributed by atoms with Crippen molar-refractivity contribution in [1.82, 2.24) is 4.31 Å². The van der Waals surface area contributed by atoms with Gasteiger partial charge in [-0.25, -0.2) is 8.42 Å². The molecule has 90 valence electrons. The molecular weight excluding hydrogens is 230 g/mol. The number of nitrogens with zero attached hydrogens (tertiary/aromatic N) is 1. The third kappa shape index (κ3) is 2.63. The molecule has 0 aromatic rings. The Morgan fingerprint density at radius 2 is 2.20 bits per heavy atom. The van der Waals surface area contributed by atoms with Crippen LogP contribution in [0, 0.1) is 0 Å². The molecule has 1 aliphatic heterocycles. The fourth-order valence-corrected chi connectivity index (χ4v) is 2.53. The average Bonchev–Trinajstić information content (AvgIpc) is 2.18. The van der Waals surface area contributed by atoms with Crippen LogP contribution in [0.15, 0.2) is 0 Å². The van der Waals surface area contributed by atoms with Gasteiger partial charge < -0.3 is 10.5 Å². The Bertz CT molecular complexity index is 309. The van der Waals surface area contributed by atoms with Crippen molar-refractivity contribution in [1.29, 1.82) is 0 Å². The maximum Gasteiger partial charge on any atom is 0.350 e. The molecule has 1 heterocycles. The van der Waals surface area contributed by atoms with Crippen molar-refractivity contribution in [3.05, 3.63) is 0 Å². The Morgan fingerprint density at radius 3 is 2.67 bits per heavy atom. The normalized spacial score (nSPS) is 29.7. The van der Waals surface area contributed by atoms with Gasteiger partial charge in [0.05, 0.1) is 12.7 Å². The van der Waals surface area contributed by atoms with Crippen LogP contribution in [0.2, 0.25) is 0 Å². The molecule has 0 aromatic carbocycles. The summed E-state index contributed by atoms with van der Waals surface area (Å²) < 4.78 is 53.0. The summed E-state index contributed by atoms with van der Waals surface area (Å²) >= 11 is 0. The van der Waals surface area contributed by atoms with E-state index < -0.39 is 27.9 Å². The molecule has 0 spiro atoms. The maximum absolute atomic E-state index is 12.3. The van der Waals surface area contributed by atoms with Crippen molar-refractivity contribution >= 4 is 10.0 Å². The minimum atomic E-state index is -4.53. The van der Waals surface area contributed by atoms with Crippen LogP contribution in [0.1, 0.15) is 6.92 Å². The summed E-state index contributed by atoms with van der Waals surface area (Å²) in [7, 11) is -4.53. The summed E-state index contributed by atoms with van der Waals surface area (Å²) in [6, 6.07) is -0.577. The van der Waals surface area contributed by atoms with Crippen LogP contribution >= 0.6 is 0 Å². The van der Waals surface area contributed by atoms with Gasteiger partial charge in [-0.3, -0.25) is 0 Å². The molecule has 0 radical (unpaired) electrons. The topological polar surface area (TPSA) is 72.6 Å². The molecular formula is C7H14F2N2O3S. The fourth-order valence-electron chi connectivity index (χ4n) is 1.39. The molecule has 5 nitrogen and oxygen atoms in total. The second kappa shape index (κ2) is 4.69. The van der Waals surface area contributed by atoms with Gasteiger partial charge in [0.15, 0.2) is 0 Å². The summed E-state index contributed by atoms with van der Waals surface area (Å²) in [6.07, 6.45) is -0.505. The molecule has 2 N–H and O–H groups in total. The van der Waals surface area contributed by atoms with Gasteiger partial charge in [-0.05, 0) is 6.92 Å². The highest BCUT2D eigenvalue weighted by molar-refractivity contribution is 7.89. The summed E-state index contributed by atoms with van der Waals surface area (Å²) in [6.45, 7) is 1.62. The van der Waals surface area contributed by atoms with Crippen molar-refractivity contribution in [2.75, 3.05) is 19.7 Å². The largest absolute Gasteiger partial charge is 0.374 e. The van der Waals surface area contributed by atoms with Gasteiger partial charge in [0.1, 0.15) is 0 Å². The first-order chi connectivity index (χ1) is 6.89. The predicted octanol–water partition coefficient (Wildman–Crippen LogP) is -0.413. The molecule has 8 heteroatoms. The van der Waals surface area contributed by atoms with E-state index in [4.69, 9.17) is 10.5 Å². The van der Waals surface area contributed by atoms with E-state index in [0.717, 1.165) is 4.31 Å². The van der Waals surface area contributed by atoms with E-state index >= 15 is 0 Å². The Balaban J connectivity index is 2.83. The standard InChI is InChI=1S/C7H14F2N2O3S/c1-5-4-14-6(2-10)3-11(5)15(12,13)7(8)9/h5-7H,2-4,10H2,1H3. The van der Waals surface area contributed by atoms with E-state index in [0.29, 0.717) is 0 Å². The fraction of sp³-hybridized carbons (Fsp3) is 1.00. The van der Waals surface area contributed by atoms with E-state index in [-0.39, 0.29) is 19.7 Å². The lowest BCUT2D eigenvalue weighted by atomic mass is 10.2. The molecule has 0 saturated carbocycles. The monoisotopic (exact) mass is 244 g/mol. The summed E-state index contributed by atoms with van der Waals surface area (Å²) in [5.74, 6) is -3.39. The van der Waals surface area contributed by atoms with Crippen molar-refractivity contribution < 1.29 is 21.9 Å². The summed E-state index contributed by atoms with van der Waals surface area (Å²) in [5.41, 5.74) is 5.30. The molecule has 1 saturated heterocycles. The van der Waals surface area contributed by atoms with Crippen LogP contribution in [0.5, 0.6) is 0 Å². The zero-order chi connectivity index (χ0) is 11.6. The highest BCUT2D eigenvalue weighted by atomic mass is 32.2. The Kier molecular flexibility index (Phi) is 3.99. The number of hydrogen-bond acceptors (Lipinski definition) is 4. The quantitative estimate of drug-likeness (QED) is 0.732. The van der Waals surface area contributed by atoms with Crippen LogP contribution < -0.4 is 5.73 Å². The number of halogens is 2. The second-order valence-corrected chi connectivity index (χ2v) is 5.27. The number of ether oxygens (including phenoxy) is 1. The van der Waals surface area contributed by atoms with Gasteiger partial charge in [-0.1, -0.05) is 0 Å². The first-order valence-corrected chi connectivity index (χ1v) is 6.00. The Morgan fingerprint density at radius 1 is 1.60 bits per heavy atom. The maximum atomic E-state index is 12.3. The number of morpholine rings is 1. The van der Waals surface area contributed by atoms with E-state index in [1.54, 1.807) is 0 Å². The molecule has 0 aromatic heterocycles. The van der Waals surface area contributed by atoms with Crippen LogP contribution in [0.25, 0.3) is 0 Å². The Labute approximate surface area is 87.2 Å². The minimum Gasteiger partial charge on any atom is -0.374 e. The van der Waals surface area contributed by atoms with Crippen molar-refractivity contribution in [3.8, 4) is 0 Å². The average molecular weight is 244 g/mol. The van der Waals surface area contributed by atoms with Crippen LogP contribution in [-0.2, 0) is 14.8 Å². The third-order valence-electron chi connectivity index (χ3n) is 2.26. The number of hydrogen-bond donors (Lipinski definition) is 1. The van der Waals surface area contributed by atoms with Gasteiger partial charge >= 0.3 is 5.76 Å². The van der Waals surface area contributed by atoms with Gasteiger partial charge in [-0.15, -0.1) is 0 Å². The number of nitrogens with two attached hydrogens (primary N) is 1. The Hall–Kier alpha value is -0.310. The smallest absolute Gasteiger partial charge is 0.350 e. The molecule has 2 atom stereocenters. The zero-order valence-electron chi connectivity index (χ0n) is 8.27. The number of rotatable bonds is 3. The van der Waals surface area contributed by atoms with Crippen molar-refractivity contribution in [3.63, 3.8) is 0 Å². The van der Waals surface area contributed by atoms with Crippen LogP contribution in [0.3, 0.4) is 0 Å². The van der Waals surface area contributed by atoms with Gasteiger partial charge in [0.25, 0.3) is 10.0 Å². The molecule has 1 rings (SSSR count). The second-order valence-electron chi connectivity index (χ2n) is 3.42. The predicted molar refractivity (Wildman–Crippen MR) is 49.9 cm³/mol. The third-order valence-corrected chi connectivity index (χ3v) is 3.88. The van der Waals surface area contributed by atoms with E-state index in [2.05, 4.69) is 0 Å². The molecule has 0 amide bonds. The zero-order valence-corrected chi connectivity index (χ0v) is 9.08. The number of sulfonamides is 1. The highest BCUT2D eigenvalue weighted by Crippen LogP contribution is 2.20. The molecule has 1 fully saturated rings. The minimum absolute atomic E-state index is 0.0911. The van der Waals surface area contributed by atoms with E-state index in [1.807, 2.05) is 0 Å². The van der Waals surface area contributed by atoms with Gasteiger partial charge in [0.2, 0.25) is 0 Å². The van der Waals surface area contributed by atoms with E-state index in [9.17, 15) is 17.2 Å². The molecule has 0 aliphatic carbocycles. The lowest BCUT2D eigenvalue weighted by Gasteiger charge is -2.36. The highest BCUT2D eigenvalue weighted by Gasteiger charge is 2.39. The first kappa shape index (κ1) is 12.8. The molecule has 2 unspecified atom stereocenters. The van der Waals surface area contributed by atoms with Crippen molar-refractivity contribution in [2.45, 2.75) is 24.8 Å². The first-order valence-electron chi connectivity index (χ1n) is 4.50. The van der Waals surface area contributed by atoms with Crippen molar-refractivity contribution in [2.24, 2.45) is 5.73 Å². The molecule has 15 heavy (non-hydrogen) atoms. The summed E-state index contributed by atoms with van der Waals surface area (Å²) in [5, 5.41) is 0. The lowest BCUT2D eigenvalue weighted by Crippen LogP contribution is -2.54. The lowest BCUT2D eigenvalue weighted by molar-refractivity contribution is -0.0239. The SMILES string of the molecule is CC1COC(CN)CN1S(=O)(=O)C(F)F. The summed E-state index contributed by atoms with van der Waals surface area (Å²) in [4.78, 5) is 0. The van der Waals surface area contributed by atoms with Crippen LogP contribution in [-0.4, -0.2) is 50.3 Å². The van der Waals surface area contributed by atoms with Gasteiger partial charge in [-0.2, -0.15) is 13.1 Å². The van der Waals surface area contributed by atoms with E-state index in [1.165, 1.54) is 6.92 Å². The number of alkyl halides is 2. The molecule has 1 aliphatic rings. The van der Waals surface area contributed by atoms with Gasteiger partial charge in [0, 0.05) is 19.1 Å². The molecule has 0 bridgehead atoms. The van der Waals surface area contributed by atoms with Crippen LogP contribution in [0.4, 0.5) is 8.78 Å².